The third kappa shape index (κ3) is 3.40. The molecule has 0 saturated carbocycles. The number of carbonyl (C=O) groups is 2. The van der Waals surface area contributed by atoms with Gasteiger partial charge < -0.3 is 14.5 Å². The van der Waals surface area contributed by atoms with Gasteiger partial charge in [0.2, 0.25) is 10.0 Å². The van der Waals surface area contributed by atoms with E-state index in [9.17, 15) is 23.1 Å². The summed E-state index contributed by atoms with van der Waals surface area (Å²) >= 11 is 0. The highest BCUT2D eigenvalue weighted by atomic mass is 32.2. The van der Waals surface area contributed by atoms with Crippen molar-refractivity contribution < 1.29 is 27.5 Å². The topological polar surface area (TPSA) is 147 Å². The van der Waals surface area contributed by atoms with Crippen LogP contribution in [0.15, 0.2) is 81.7 Å². The molecule has 1 fully saturated rings. The van der Waals surface area contributed by atoms with Crippen molar-refractivity contribution in [3.05, 3.63) is 89.5 Å². The molecular weight excluding hydrogens is 458 g/mol. The Bertz CT molecular complexity index is 1590. The predicted octanol–water partition coefficient (Wildman–Crippen LogP) is 3.34. The number of aliphatic hydroxyl groups is 1. The second-order valence-corrected chi connectivity index (χ2v) is 9.47. The van der Waals surface area contributed by atoms with Crippen molar-refractivity contribution in [3.8, 4) is 0 Å². The zero-order valence-electron chi connectivity index (χ0n) is 17.8. The largest absolute Gasteiger partial charge is 0.507 e. The fourth-order valence-corrected chi connectivity index (χ4v) is 4.69. The van der Waals surface area contributed by atoms with Crippen LogP contribution in [0.1, 0.15) is 23.1 Å². The number of nitrogens with zero attached hydrogens (tertiary/aromatic N) is 1. The van der Waals surface area contributed by atoms with E-state index in [0.717, 1.165) is 5.52 Å². The number of aromatic amines is 1. The molecule has 1 saturated heterocycles. The number of fused-ring (bicyclic) bond motifs is 1. The molecule has 172 valence electrons. The van der Waals surface area contributed by atoms with Crippen LogP contribution in [0.2, 0.25) is 0 Å². The molecule has 1 aliphatic rings. The highest BCUT2D eigenvalue weighted by Gasteiger charge is 2.48. The smallest absolute Gasteiger partial charge is 0.300 e. The second kappa shape index (κ2) is 7.72. The van der Waals surface area contributed by atoms with E-state index in [2.05, 4.69) is 4.98 Å². The van der Waals surface area contributed by atoms with Crippen LogP contribution >= 0.6 is 0 Å². The normalized spacial score (nSPS) is 18.2. The fraction of sp³-hybridized carbons (Fsp3) is 0.0833. The number of aryl methyl sites for hydroxylation is 1. The summed E-state index contributed by atoms with van der Waals surface area (Å²) in [6.07, 6.45) is 1.57. The van der Waals surface area contributed by atoms with Crippen molar-refractivity contribution in [1.29, 1.82) is 0 Å². The van der Waals surface area contributed by atoms with Crippen molar-refractivity contribution in [2.45, 2.75) is 17.9 Å². The number of H-pyrrole nitrogens is 1. The number of aliphatic hydroxyl groups excluding tert-OH is 1. The van der Waals surface area contributed by atoms with Gasteiger partial charge in [-0.05, 0) is 49.4 Å². The van der Waals surface area contributed by atoms with Gasteiger partial charge in [-0.25, -0.2) is 13.6 Å². The number of furan rings is 1. The lowest BCUT2D eigenvalue weighted by atomic mass is 9.99. The van der Waals surface area contributed by atoms with Crippen molar-refractivity contribution in [2.24, 2.45) is 5.14 Å². The van der Waals surface area contributed by atoms with E-state index in [1.165, 1.54) is 29.2 Å². The molecule has 1 amide bonds. The van der Waals surface area contributed by atoms with Crippen LogP contribution in [0.4, 0.5) is 5.69 Å². The van der Waals surface area contributed by atoms with Gasteiger partial charge in [-0.15, -0.1) is 0 Å². The predicted molar refractivity (Wildman–Crippen MR) is 124 cm³/mol. The zero-order valence-corrected chi connectivity index (χ0v) is 18.7. The molecular formula is C24H19N3O6S. The molecule has 5 rings (SSSR count). The number of amides is 1. The number of hydrogen-bond acceptors (Lipinski definition) is 6. The Balaban J connectivity index is 1.71. The first-order chi connectivity index (χ1) is 16.2. The minimum absolute atomic E-state index is 0.139. The Morgan fingerprint density at radius 1 is 1.06 bits per heavy atom. The van der Waals surface area contributed by atoms with Crippen LogP contribution in [0.5, 0.6) is 0 Å². The lowest BCUT2D eigenvalue weighted by Gasteiger charge is -2.23. The second-order valence-electron chi connectivity index (χ2n) is 7.90. The number of para-hydroxylation sites is 1. The molecule has 0 spiro atoms. The number of Topliss-reactive ketones (excluding diaryl/α,β-unsaturated/α-hetero) is 1. The van der Waals surface area contributed by atoms with E-state index in [0.29, 0.717) is 16.7 Å². The minimum atomic E-state index is -3.95. The standard InChI is InChI=1S/C24H19N3O6S/c1-13-6-11-19(33-13)21-20(22(28)17-12-26-18-5-3-2-4-16(17)18)23(29)24(30)27(21)14-7-9-15(10-8-14)34(25,31)32/h2-12,21,26,28H,1H3,(H2,25,31,32)/b22-20-. The number of benzene rings is 2. The molecule has 10 heteroatoms. The molecule has 9 nitrogen and oxygen atoms in total. The van der Waals surface area contributed by atoms with Gasteiger partial charge in [0.25, 0.3) is 11.7 Å². The molecule has 1 unspecified atom stereocenters. The number of hydrogen-bond donors (Lipinski definition) is 3. The molecule has 1 aliphatic heterocycles. The van der Waals surface area contributed by atoms with Gasteiger partial charge in [0.05, 0.1) is 10.5 Å². The average Bonchev–Trinajstić information content (AvgIpc) is 3.49. The molecule has 34 heavy (non-hydrogen) atoms. The molecule has 2 aromatic carbocycles. The minimum Gasteiger partial charge on any atom is -0.507 e. The first kappa shape index (κ1) is 21.7. The number of sulfonamides is 1. The van der Waals surface area contributed by atoms with E-state index < -0.39 is 27.8 Å². The van der Waals surface area contributed by atoms with Crippen LogP contribution in [0.25, 0.3) is 16.7 Å². The maximum atomic E-state index is 13.2. The summed E-state index contributed by atoms with van der Waals surface area (Å²) in [5.41, 5.74) is 1.22. The summed E-state index contributed by atoms with van der Waals surface area (Å²) in [6, 6.07) is 14.7. The number of ketones is 1. The third-order valence-electron chi connectivity index (χ3n) is 5.76. The number of rotatable bonds is 4. The van der Waals surface area contributed by atoms with Gasteiger partial charge in [-0.3, -0.25) is 14.5 Å². The molecule has 1 atom stereocenters. The number of carbonyl (C=O) groups excluding carboxylic acids is 2. The van der Waals surface area contributed by atoms with E-state index >= 15 is 0 Å². The molecule has 0 aliphatic carbocycles. The van der Waals surface area contributed by atoms with Gasteiger partial charge in [0.1, 0.15) is 23.3 Å². The Labute approximate surface area is 194 Å². The zero-order chi connectivity index (χ0) is 24.2. The third-order valence-corrected chi connectivity index (χ3v) is 6.69. The highest BCUT2D eigenvalue weighted by Crippen LogP contribution is 2.43. The maximum absolute atomic E-state index is 13.2. The molecule has 3 heterocycles. The number of nitrogens with one attached hydrogen (secondary N) is 1. The van der Waals surface area contributed by atoms with Gasteiger partial charge >= 0.3 is 0 Å². The van der Waals surface area contributed by atoms with E-state index in [-0.39, 0.29) is 27.7 Å². The number of aromatic nitrogens is 1. The molecule has 0 radical (unpaired) electrons. The average molecular weight is 477 g/mol. The SMILES string of the molecule is Cc1ccc(C2/C(=C(/O)c3c[nH]c4ccccc34)C(=O)C(=O)N2c2ccc(S(N)(=O)=O)cc2)o1. The van der Waals surface area contributed by atoms with Crippen molar-refractivity contribution in [1.82, 2.24) is 4.98 Å². The molecule has 4 N–H and O–H groups in total. The summed E-state index contributed by atoms with van der Waals surface area (Å²) in [6.45, 7) is 1.72. The quantitative estimate of drug-likeness (QED) is 0.233. The van der Waals surface area contributed by atoms with E-state index in [1.54, 1.807) is 37.4 Å². The van der Waals surface area contributed by atoms with Crippen LogP contribution in [0, 0.1) is 6.92 Å². The van der Waals surface area contributed by atoms with Crippen molar-refractivity contribution >= 4 is 44.1 Å². The Morgan fingerprint density at radius 2 is 1.76 bits per heavy atom. The van der Waals surface area contributed by atoms with Crippen LogP contribution in [-0.2, 0) is 19.6 Å². The van der Waals surface area contributed by atoms with E-state index in [1.807, 2.05) is 12.1 Å². The summed E-state index contributed by atoms with van der Waals surface area (Å²) in [5.74, 6) is -1.30. The van der Waals surface area contributed by atoms with Gasteiger partial charge in [-0.2, -0.15) is 0 Å². The number of anilines is 1. The first-order valence-electron chi connectivity index (χ1n) is 10.2. The van der Waals surface area contributed by atoms with E-state index in [4.69, 9.17) is 9.56 Å². The number of primary sulfonamides is 1. The molecule has 4 aromatic rings. The maximum Gasteiger partial charge on any atom is 0.300 e. The summed E-state index contributed by atoms with van der Waals surface area (Å²) in [4.78, 5) is 30.4. The lowest BCUT2D eigenvalue weighted by Crippen LogP contribution is -2.29. The van der Waals surface area contributed by atoms with Gasteiger partial charge in [0.15, 0.2) is 0 Å². The van der Waals surface area contributed by atoms with Gasteiger partial charge in [-0.1, -0.05) is 18.2 Å². The van der Waals surface area contributed by atoms with Gasteiger partial charge in [0, 0.05) is 28.4 Å². The van der Waals surface area contributed by atoms with Crippen LogP contribution < -0.4 is 10.0 Å². The van der Waals surface area contributed by atoms with Crippen LogP contribution in [-0.4, -0.2) is 30.2 Å². The first-order valence-corrected chi connectivity index (χ1v) is 11.8. The Hall–Kier alpha value is -4.15. The fourth-order valence-electron chi connectivity index (χ4n) is 4.18. The Morgan fingerprint density at radius 3 is 2.41 bits per heavy atom. The summed E-state index contributed by atoms with van der Waals surface area (Å²) in [5, 5.41) is 17.1. The lowest BCUT2D eigenvalue weighted by molar-refractivity contribution is -0.132. The Kier molecular flexibility index (Phi) is 4.92. The number of nitrogens with two attached hydrogens (primary N) is 1. The molecule has 0 bridgehead atoms. The van der Waals surface area contributed by atoms with Crippen LogP contribution in [0.3, 0.4) is 0 Å². The monoisotopic (exact) mass is 477 g/mol. The summed E-state index contributed by atoms with van der Waals surface area (Å²) in [7, 11) is -3.95. The molecule has 2 aromatic heterocycles. The highest BCUT2D eigenvalue weighted by molar-refractivity contribution is 7.89. The van der Waals surface area contributed by atoms with Crippen molar-refractivity contribution in [2.75, 3.05) is 4.90 Å². The summed E-state index contributed by atoms with van der Waals surface area (Å²) < 4.78 is 29.0. The van der Waals surface area contributed by atoms with Crippen molar-refractivity contribution in [3.63, 3.8) is 0 Å².